The van der Waals surface area contributed by atoms with Crippen molar-refractivity contribution in [2.75, 3.05) is 18.9 Å². The number of hydrogen-bond acceptors (Lipinski definition) is 4. The van der Waals surface area contributed by atoms with Crippen LogP contribution in [0, 0.1) is 23.1 Å². The Labute approximate surface area is 213 Å². The van der Waals surface area contributed by atoms with Crippen LogP contribution in [-0.4, -0.2) is 58.2 Å². The number of aromatic amines is 1. The zero-order chi connectivity index (χ0) is 25.9. The van der Waals surface area contributed by atoms with Gasteiger partial charge in [0.1, 0.15) is 23.6 Å². The summed E-state index contributed by atoms with van der Waals surface area (Å²) in [4.78, 5) is 46.5. The second-order valence-electron chi connectivity index (χ2n) is 10.4. The third-order valence-electron chi connectivity index (χ3n) is 8.08. The monoisotopic (exact) mass is 499 g/mol. The van der Waals surface area contributed by atoms with E-state index in [2.05, 4.69) is 16.4 Å². The molecule has 9 heteroatoms. The fourth-order valence-corrected chi connectivity index (χ4v) is 5.84. The largest absolute Gasteiger partial charge is 0.350 e. The number of aromatic nitrogens is 1. The minimum Gasteiger partial charge on any atom is -0.350 e. The van der Waals surface area contributed by atoms with E-state index in [4.69, 9.17) is 0 Å². The molecule has 1 aromatic heterocycles. The molecule has 1 saturated carbocycles. The van der Waals surface area contributed by atoms with Gasteiger partial charge in [0.25, 0.3) is 5.91 Å². The van der Waals surface area contributed by atoms with Crippen molar-refractivity contribution in [1.29, 1.82) is 5.26 Å². The molecule has 3 amide bonds. The molecule has 8 nitrogen and oxygen atoms in total. The lowest BCUT2D eigenvalue weighted by atomic mass is 9.80. The number of hydrogen-bond donors (Lipinski definition) is 2. The van der Waals surface area contributed by atoms with Crippen molar-refractivity contribution in [3.63, 3.8) is 0 Å². The molecular formula is C28H26FN5O3. The molecule has 188 valence electrons. The first-order valence-corrected chi connectivity index (χ1v) is 12.5. The van der Waals surface area contributed by atoms with Crippen LogP contribution in [0.4, 0.5) is 10.1 Å². The number of nitrogens with zero attached hydrogens (tertiary/aromatic N) is 3. The molecule has 1 saturated heterocycles. The number of para-hydroxylation sites is 1. The average Bonchev–Trinajstić information content (AvgIpc) is 3.36. The third kappa shape index (κ3) is 3.67. The quantitative estimate of drug-likeness (QED) is 0.559. The number of likely N-dealkylation sites (tertiary alicyclic amines) is 1. The van der Waals surface area contributed by atoms with Gasteiger partial charge >= 0.3 is 0 Å². The fourth-order valence-electron chi connectivity index (χ4n) is 5.84. The van der Waals surface area contributed by atoms with Crippen molar-refractivity contribution < 1.29 is 18.8 Å². The number of carbonyl (C=O) groups excluding carboxylic acids is 3. The summed E-state index contributed by atoms with van der Waals surface area (Å²) >= 11 is 0. The van der Waals surface area contributed by atoms with Crippen LogP contribution >= 0.6 is 0 Å². The highest BCUT2D eigenvalue weighted by atomic mass is 19.1. The SMILES string of the molecule is CN(C(=O)c1cc2c(F)cccc2[nH]1)C(CC1CC1)C(=O)N1C[C@]2(C[C@H]1C#N)C(=O)Nc1ccccc12. The Morgan fingerprint density at radius 2 is 2.03 bits per heavy atom. The molecule has 3 atom stereocenters. The van der Waals surface area contributed by atoms with E-state index in [-0.39, 0.29) is 30.5 Å². The molecule has 2 fully saturated rings. The predicted molar refractivity (Wildman–Crippen MR) is 134 cm³/mol. The van der Waals surface area contributed by atoms with E-state index in [9.17, 15) is 24.0 Å². The van der Waals surface area contributed by atoms with E-state index < -0.39 is 29.2 Å². The lowest BCUT2D eigenvalue weighted by Gasteiger charge is -2.32. The van der Waals surface area contributed by atoms with Gasteiger partial charge in [-0.05, 0) is 42.2 Å². The lowest BCUT2D eigenvalue weighted by molar-refractivity contribution is -0.136. The summed E-state index contributed by atoms with van der Waals surface area (Å²) in [5, 5.41) is 13.2. The van der Waals surface area contributed by atoms with Crippen LogP contribution in [0.3, 0.4) is 0 Å². The third-order valence-corrected chi connectivity index (χ3v) is 8.08. The van der Waals surface area contributed by atoms with Crippen LogP contribution in [0.2, 0.25) is 0 Å². The zero-order valence-corrected chi connectivity index (χ0v) is 20.3. The normalized spacial score (nSPS) is 23.1. The second kappa shape index (κ2) is 8.44. The Bertz CT molecular complexity index is 1490. The van der Waals surface area contributed by atoms with Gasteiger partial charge in [0, 0.05) is 36.6 Å². The van der Waals surface area contributed by atoms with Crippen LogP contribution in [0.1, 0.15) is 41.7 Å². The standard InChI is InChI=1S/C28H26FN5O3/c1-33(25(35)23-12-18-20(29)6-4-8-21(18)31-23)24(11-16-9-10-16)26(36)34-15-28(13-17(34)14-30)19-5-2-3-7-22(19)32-27(28)37/h2-8,12,16-17,24,31H,9-11,13,15H2,1H3,(H,32,37)/t17-,24?,28-/m0/s1. The van der Waals surface area contributed by atoms with E-state index in [1.165, 1.54) is 21.9 Å². The van der Waals surface area contributed by atoms with Crippen molar-refractivity contribution in [3.8, 4) is 6.07 Å². The minimum absolute atomic E-state index is 0.0771. The summed E-state index contributed by atoms with van der Waals surface area (Å²) in [5.41, 5.74) is 1.19. The Kier molecular flexibility index (Phi) is 5.30. The molecule has 1 spiro atoms. The average molecular weight is 500 g/mol. The maximum Gasteiger partial charge on any atom is 0.270 e. The second-order valence-corrected chi connectivity index (χ2v) is 10.4. The van der Waals surface area contributed by atoms with E-state index in [1.807, 2.05) is 24.3 Å². The molecule has 2 aliphatic heterocycles. The van der Waals surface area contributed by atoms with Crippen molar-refractivity contribution >= 4 is 34.3 Å². The van der Waals surface area contributed by atoms with Gasteiger partial charge in [0.05, 0.1) is 11.5 Å². The van der Waals surface area contributed by atoms with Gasteiger partial charge in [0.2, 0.25) is 11.8 Å². The smallest absolute Gasteiger partial charge is 0.270 e. The van der Waals surface area contributed by atoms with E-state index in [1.54, 1.807) is 19.2 Å². The number of amides is 3. The molecule has 3 heterocycles. The first-order valence-electron chi connectivity index (χ1n) is 12.5. The molecule has 3 aliphatic rings. The molecule has 6 rings (SSSR count). The summed E-state index contributed by atoms with van der Waals surface area (Å²) in [6.07, 6.45) is 2.63. The molecule has 3 aromatic rings. The number of likely N-dealkylation sites (N-methyl/N-ethyl adjacent to an activating group) is 1. The Morgan fingerprint density at radius 3 is 2.76 bits per heavy atom. The van der Waals surface area contributed by atoms with Crippen LogP contribution in [0.15, 0.2) is 48.5 Å². The molecular weight excluding hydrogens is 473 g/mol. The maximum absolute atomic E-state index is 14.2. The van der Waals surface area contributed by atoms with Crippen LogP contribution < -0.4 is 5.32 Å². The molecule has 1 unspecified atom stereocenters. The number of rotatable bonds is 5. The number of fused-ring (bicyclic) bond motifs is 3. The van der Waals surface area contributed by atoms with Crippen LogP contribution in [0.5, 0.6) is 0 Å². The molecule has 0 radical (unpaired) electrons. The minimum atomic E-state index is -0.992. The molecule has 2 aromatic carbocycles. The number of halogens is 1. The van der Waals surface area contributed by atoms with Crippen LogP contribution in [-0.2, 0) is 15.0 Å². The summed E-state index contributed by atoms with van der Waals surface area (Å²) < 4.78 is 14.2. The molecule has 0 bridgehead atoms. The fraction of sp³-hybridized carbons (Fsp3) is 0.357. The zero-order valence-electron chi connectivity index (χ0n) is 20.3. The Balaban J connectivity index is 1.31. The first-order chi connectivity index (χ1) is 17.8. The topological polar surface area (TPSA) is 109 Å². The van der Waals surface area contributed by atoms with Crippen molar-refractivity contribution in [2.24, 2.45) is 5.92 Å². The van der Waals surface area contributed by atoms with E-state index in [0.29, 0.717) is 28.9 Å². The van der Waals surface area contributed by atoms with Crippen molar-refractivity contribution in [3.05, 3.63) is 65.6 Å². The van der Waals surface area contributed by atoms with Crippen molar-refractivity contribution in [1.82, 2.24) is 14.8 Å². The lowest BCUT2D eigenvalue weighted by Crippen LogP contribution is -2.51. The Morgan fingerprint density at radius 1 is 1.24 bits per heavy atom. The molecule has 37 heavy (non-hydrogen) atoms. The Hall–Kier alpha value is -4.19. The van der Waals surface area contributed by atoms with Gasteiger partial charge in [-0.25, -0.2) is 4.39 Å². The highest BCUT2D eigenvalue weighted by Gasteiger charge is 2.57. The molecule has 1 aliphatic carbocycles. The molecule has 2 N–H and O–H groups in total. The van der Waals surface area contributed by atoms with Gasteiger partial charge in [-0.15, -0.1) is 0 Å². The number of benzene rings is 2. The first kappa shape index (κ1) is 23.2. The van der Waals surface area contributed by atoms with Gasteiger partial charge < -0.3 is 20.1 Å². The highest BCUT2D eigenvalue weighted by molar-refractivity contribution is 6.07. The van der Waals surface area contributed by atoms with Gasteiger partial charge in [-0.2, -0.15) is 5.26 Å². The van der Waals surface area contributed by atoms with E-state index >= 15 is 0 Å². The van der Waals surface area contributed by atoms with Crippen molar-refractivity contribution in [2.45, 2.75) is 43.2 Å². The number of nitriles is 1. The number of carbonyl (C=O) groups is 3. The number of H-pyrrole nitrogens is 1. The van der Waals surface area contributed by atoms with E-state index in [0.717, 1.165) is 18.4 Å². The van der Waals surface area contributed by atoms with Gasteiger partial charge in [-0.1, -0.05) is 37.1 Å². The highest BCUT2D eigenvalue weighted by Crippen LogP contribution is 2.47. The summed E-state index contributed by atoms with van der Waals surface area (Å²) in [6.45, 7) is 0.0771. The summed E-state index contributed by atoms with van der Waals surface area (Å²) in [6, 6.07) is 14.0. The van der Waals surface area contributed by atoms with Gasteiger partial charge in [0.15, 0.2) is 0 Å². The van der Waals surface area contributed by atoms with Gasteiger partial charge in [-0.3, -0.25) is 14.4 Å². The number of anilines is 1. The predicted octanol–water partition coefficient (Wildman–Crippen LogP) is 3.56. The maximum atomic E-state index is 14.2. The number of nitrogens with one attached hydrogen (secondary N) is 2. The summed E-state index contributed by atoms with van der Waals surface area (Å²) in [5.74, 6) is -1.11. The summed E-state index contributed by atoms with van der Waals surface area (Å²) in [7, 11) is 1.57. The van der Waals surface area contributed by atoms with Crippen LogP contribution in [0.25, 0.3) is 10.9 Å².